The van der Waals surface area contributed by atoms with E-state index in [4.69, 9.17) is 6.42 Å². The molecule has 13 heavy (non-hydrogen) atoms. The first-order chi connectivity index (χ1) is 6.40. The van der Waals surface area contributed by atoms with Crippen LogP contribution in [0.5, 0.6) is 0 Å². The Kier molecular flexibility index (Phi) is 1.81. The molecule has 2 aromatic heterocycles. The number of rotatable bonds is 1. The predicted octanol–water partition coefficient (Wildman–Crippen LogP) is 1.25. The molecule has 0 radical (unpaired) electrons. The Morgan fingerprint density at radius 3 is 3.00 bits per heavy atom. The van der Waals surface area contributed by atoms with E-state index in [2.05, 4.69) is 16.0 Å². The molecule has 0 fully saturated rings. The lowest BCUT2D eigenvalue weighted by molar-refractivity contribution is 0.873. The number of hydrogen-bond acceptors (Lipinski definition) is 2. The highest BCUT2D eigenvalue weighted by Crippen LogP contribution is 2.05. The maximum Gasteiger partial charge on any atom is 0.0841 e. The van der Waals surface area contributed by atoms with Crippen LogP contribution < -0.4 is 0 Å². The van der Waals surface area contributed by atoms with Gasteiger partial charge in [0.1, 0.15) is 0 Å². The molecule has 2 heterocycles. The Balaban J connectivity index is 2.49. The van der Waals surface area contributed by atoms with Crippen molar-refractivity contribution in [3.05, 3.63) is 42.5 Å². The molecule has 0 amide bonds. The molecule has 0 unspecified atom stereocenters. The highest BCUT2D eigenvalue weighted by Gasteiger charge is 1.96. The average Bonchev–Trinajstić information content (AvgIpc) is 2.71. The molecule has 2 aromatic rings. The first-order valence-electron chi connectivity index (χ1n) is 3.82. The Morgan fingerprint density at radius 2 is 2.31 bits per heavy atom. The molecular weight excluding hydrogens is 162 g/mol. The van der Waals surface area contributed by atoms with E-state index in [-0.39, 0.29) is 0 Å². The van der Waals surface area contributed by atoms with E-state index in [1.807, 2.05) is 18.3 Å². The fourth-order valence-electron chi connectivity index (χ4n) is 1.05. The second kappa shape index (κ2) is 3.11. The van der Waals surface area contributed by atoms with Crippen LogP contribution >= 0.6 is 0 Å². The Morgan fingerprint density at radius 1 is 1.38 bits per heavy atom. The van der Waals surface area contributed by atoms with Crippen LogP contribution in [0.1, 0.15) is 5.56 Å². The van der Waals surface area contributed by atoms with Crippen molar-refractivity contribution in [2.24, 2.45) is 0 Å². The van der Waals surface area contributed by atoms with E-state index in [0.717, 1.165) is 11.3 Å². The highest BCUT2D eigenvalue weighted by atomic mass is 15.3. The topological polar surface area (TPSA) is 30.7 Å². The molecule has 0 bridgehead atoms. The fraction of sp³-hybridized carbons (Fsp3) is 0. The molecule has 3 nitrogen and oxygen atoms in total. The highest BCUT2D eigenvalue weighted by molar-refractivity contribution is 5.38. The summed E-state index contributed by atoms with van der Waals surface area (Å²) in [5, 5.41) is 4.07. The summed E-state index contributed by atoms with van der Waals surface area (Å²) < 4.78 is 1.72. The predicted molar refractivity (Wildman–Crippen MR) is 49.3 cm³/mol. The van der Waals surface area contributed by atoms with Crippen LogP contribution in [-0.4, -0.2) is 14.8 Å². The third kappa shape index (κ3) is 1.42. The Hall–Kier alpha value is -2.08. The summed E-state index contributed by atoms with van der Waals surface area (Å²) in [5.41, 5.74) is 1.63. The van der Waals surface area contributed by atoms with E-state index in [1.54, 1.807) is 23.3 Å². The molecule has 0 spiro atoms. The van der Waals surface area contributed by atoms with E-state index in [0.29, 0.717) is 0 Å². The molecule has 0 aliphatic carbocycles. The Bertz CT molecular complexity index is 437. The minimum Gasteiger partial charge on any atom is -0.261 e. The zero-order valence-corrected chi connectivity index (χ0v) is 6.88. The molecule has 0 saturated heterocycles. The van der Waals surface area contributed by atoms with Gasteiger partial charge in [0, 0.05) is 24.2 Å². The van der Waals surface area contributed by atoms with Gasteiger partial charge in [0.2, 0.25) is 0 Å². The van der Waals surface area contributed by atoms with E-state index >= 15 is 0 Å². The van der Waals surface area contributed by atoms with Crippen molar-refractivity contribution in [1.29, 1.82) is 0 Å². The van der Waals surface area contributed by atoms with Gasteiger partial charge >= 0.3 is 0 Å². The summed E-state index contributed by atoms with van der Waals surface area (Å²) in [5.74, 6) is 2.53. The summed E-state index contributed by atoms with van der Waals surface area (Å²) in [4.78, 5) is 4.01. The molecule has 2 rings (SSSR count). The zero-order valence-electron chi connectivity index (χ0n) is 6.88. The van der Waals surface area contributed by atoms with Gasteiger partial charge in [-0.15, -0.1) is 6.42 Å². The summed E-state index contributed by atoms with van der Waals surface area (Å²) in [7, 11) is 0. The van der Waals surface area contributed by atoms with Gasteiger partial charge in [0.15, 0.2) is 0 Å². The van der Waals surface area contributed by atoms with Crippen molar-refractivity contribution in [1.82, 2.24) is 14.8 Å². The van der Waals surface area contributed by atoms with Crippen LogP contribution in [0.2, 0.25) is 0 Å². The van der Waals surface area contributed by atoms with Crippen molar-refractivity contribution in [3.8, 4) is 18.0 Å². The van der Waals surface area contributed by atoms with Gasteiger partial charge in [-0.2, -0.15) is 5.10 Å². The van der Waals surface area contributed by atoms with Crippen LogP contribution in [-0.2, 0) is 0 Å². The molecule has 0 aliphatic rings. The monoisotopic (exact) mass is 169 g/mol. The number of pyridine rings is 1. The fourth-order valence-corrected chi connectivity index (χ4v) is 1.05. The van der Waals surface area contributed by atoms with E-state index in [1.165, 1.54) is 0 Å². The largest absolute Gasteiger partial charge is 0.261 e. The van der Waals surface area contributed by atoms with Gasteiger partial charge in [0.25, 0.3) is 0 Å². The quantitative estimate of drug-likeness (QED) is 0.601. The maximum atomic E-state index is 5.25. The first kappa shape index (κ1) is 7.56. The number of terminal acetylenes is 1. The number of nitrogens with zero attached hydrogens (tertiary/aromatic N) is 3. The molecular formula is C10H7N3. The van der Waals surface area contributed by atoms with Crippen LogP contribution in [0.25, 0.3) is 5.69 Å². The molecule has 0 saturated carbocycles. The molecule has 3 heteroatoms. The normalized spacial score (nSPS) is 9.46. The lowest BCUT2D eigenvalue weighted by Crippen LogP contribution is -1.95. The minimum absolute atomic E-state index is 0.757. The summed E-state index contributed by atoms with van der Waals surface area (Å²) in [6.45, 7) is 0. The van der Waals surface area contributed by atoms with Gasteiger partial charge < -0.3 is 0 Å². The first-order valence-corrected chi connectivity index (χ1v) is 3.82. The third-order valence-electron chi connectivity index (χ3n) is 1.66. The molecule has 0 aliphatic heterocycles. The SMILES string of the molecule is C#Cc1cncc(-n2cccn2)c1. The summed E-state index contributed by atoms with van der Waals surface area (Å²) >= 11 is 0. The zero-order chi connectivity index (χ0) is 9.10. The molecule has 0 N–H and O–H groups in total. The average molecular weight is 169 g/mol. The van der Waals surface area contributed by atoms with E-state index < -0.39 is 0 Å². The number of aromatic nitrogens is 3. The third-order valence-corrected chi connectivity index (χ3v) is 1.66. The van der Waals surface area contributed by atoms with Crippen LogP contribution in [0.15, 0.2) is 36.9 Å². The van der Waals surface area contributed by atoms with Crippen molar-refractivity contribution in [2.45, 2.75) is 0 Å². The van der Waals surface area contributed by atoms with Crippen molar-refractivity contribution in [3.63, 3.8) is 0 Å². The van der Waals surface area contributed by atoms with Crippen LogP contribution in [0.3, 0.4) is 0 Å². The van der Waals surface area contributed by atoms with Crippen molar-refractivity contribution in [2.75, 3.05) is 0 Å². The van der Waals surface area contributed by atoms with Gasteiger partial charge in [0.05, 0.1) is 11.9 Å². The number of hydrogen-bond donors (Lipinski definition) is 0. The summed E-state index contributed by atoms with van der Waals surface area (Å²) in [6.07, 6.45) is 12.2. The maximum absolute atomic E-state index is 5.25. The lowest BCUT2D eigenvalue weighted by atomic mass is 10.3. The van der Waals surface area contributed by atoms with Gasteiger partial charge in [-0.1, -0.05) is 5.92 Å². The van der Waals surface area contributed by atoms with Crippen molar-refractivity contribution < 1.29 is 0 Å². The van der Waals surface area contributed by atoms with Gasteiger partial charge in [-0.3, -0.25) is 4.98 Å². The second-order valence-corrected chi connectivity index (χ2v) is 2.53. The van der Waals surface area contributed by atoms with Crippen LogP contribution in [0, 0.1) is 12.3 Å². The lowest BCUT2D eigenvalue weighted by Gasteiger charge is -1.99. The van der Waals surface area contributed by atoms with Gasteiger partial charge in [-0.05, 0) is 12.1 Å². The van der Waals surface area contributed by atoms with E-state index in [9.17, 15) is 0 Å². The van der Waals surface area contributed by atoms with Crippen molar-refractivity contribution >= 4 is 0 Å². The second-order valence-electron chi connectivity index (χ2n) is 2.53. The smallest absolute Gasteiger partial charge is 0.0841 e. The molecule has 62 valence electrons. The van der Waals surface area contributed by atoms with Gasteiger partial charge in [-0.25, -0.2) is 4.68 Å². The molecule has 0 atom stereocenters. The Labute approximate surface area is 76.0 Å². The minimum atomic E-state index is 0.757. The molecule has 0 aromatic carbocycles. The standard InChI is InChI=1S/C10H7N3/c1-2-9-6-10(8-11-7-9)13-5-3-4-12-13/h1,3-8H. The summed E-state index contributed by atoms with van der Waals surface area (Å²) in [6, 6.07) is 3.71. The van der Waals surface area contributed by atoms with Crippen LogP contribution in [0.4, 0.5) is 0 Å².